The Balaban J connectivity index is 2.15. The van der Waals surface area contributed by atoms with Gasteiger partial charge in [-0.1, -0.05) is 23.7 Å². The molecule has 0 aliphatic heterocycles. The molecule has 1 atom stereocenters. The minimum absolute atomic E-state index is 0.195. The number of aromatic nitrogens is 2. The van der Waals surface area contributed by atoms with Crippen LogP contribution in [0.1, 0.15) is 29.0 Å². The molecule has 0 aliphatic rings. The van der Waals surface area contributed by atoms with E-state index in [2.05, 4.69) is 10.4 Å². The molecule has 1 unspecified atom stereocenters. The van der Waals surface area contributed by atoms with Gasteiger partial charge in [0.25, 0.3) is 11.5 Å². The highest BCUT2D eigenvalue weighted by molar-refractivity contribution is 6.30. The molecule has 1 aromatic carbocycles. The largest absolute Gasteiger partial charge is 0.344 e. The SMILES string of the molecule is CC(NC(=O)c1ccc(=O)n(C)n1)c1cccc(Cl)c1. The molecule has 0 saturated carbocycles. The highest BCUT2D eigenvalue weighted by Gasteiger charge is 2.13. The van der Waals surface area contributed by atoms with Crippen molar-refractivity contribution in [3.63, 3.8) is 0 Å². The lowest BCUT2D eigenvalue weighted by atomic mass is 10.1. The van der Waals surface area contributed by atoms with Gasteiger partial charge in [-0.25, -0.2) is 4.68 Å². The summed E-state index contributed by atoms with van der Waals surface area (Å²) in [5.74, 6) is -0.340. The number of halogens is 1. The maximum absolute atomic E-state index is 12.1. The average Bonchev–Trinajstić information content (AvgIpc) is 2.41. The monoisotopic (exact) mass is 291 g/mol. The molecular formula is C14H14ClN3O2. The van der Waals surface area contributed by atoms with E-state index in [0.29, 0.717) is 5.02 Å². The lowest BCUT2D eigenvalue weighted by molar-refractivity contribution is 0.0932. The van der Waals surface area contributed by atoms with Crippen LogP contribution in [0.4, 0.5) is 0 Å². The summed E-state index contributed by atoms with van der Waals surface area (Å²) in [4.78, 5) is 23.3. The summed E-state index contributed by atoms with van der Waals surface area (Å²) >= 11 is 5.92. The molecule has 104 valence electrons. The molecule has 1 N–H and O–H groups in total. The normalized spacial score (nSPS) is 11.9. The third-order valence-corrected chi connectivity index (χ3v) is 3.12. The van der Waals surface area contributed by atoms with Gasteiger partial charge in [-0.15, -0.1) is 0 Å². The Morgan fingerprint density at radius 3 is 2.75 bits per heavy atom. The Hall–Kier alpha value is -2.14. The fraction of sp³-hybridized carbons (Fsp3) is 0.214. The number of carbonyl (C=O) groups excluding carboxylic acids is 1. The molecule has 0 radical (unpaired) electrons. The average molecular weight is 292 g/mol. The number of benzene rings is 1. The van der Waals surface area contributed by atoms with Gasteiger partial charge in [-0.3, -0.25) is 9.59 Å². The second kappa shape index (κ2) is 5.88. The first kappa shape index (κ1) is 14.3. The van der Waals surface area contributed by atoms with Crippen molar-refractivity contribution in [2.24, 2.45) is 7.05 Å². The van der Waals surface area contributed by atoms with E-state index in [9.17, 15) is 9.59 Å². The Labute approximate surface area is 121 Å². The van der Waals surface area contributed by atoms with Crippen LogP contribution in [-0.4, -0.2) is 15.7 Å². The molecule has 5 nitrogen and oxygen atoms in total. The quantitative estimate of drug-likeness (QED) is 0.940. The van der Waals surface area contributed by atoms with E-state index in [0.717, 1.165) is 10.2 Å². The number of rotatable bonds is 3. The van der Waals surface area contributed by atoms with E-state index >= 15 is 0 Å². The van der Waals surface area contributed by atoms with Crippen molar-refractivity contribution >= 4 is 17.5 Å². The first-order valence-electron chi connectivity index (χ1n) is 6.08. The van der Waals surface area contributed by atoms with Crippen LogP contribution in [0.2, 0.25) is 5.02 Å². The number of nitrogens with zero attached hydrogens (tertiary/aromatic N) is 2. The molecule has 20 heavy (non-hydrogen) atoms. The minimum atomic E-state index is -0.340. The second-order valence-corrected chi connectivity index (χ2v) is 4.87. The molecule has 1 heterocycles. The zero-order chi connectivity index (χ0) is 14.7. The van der Waals surface area contributed by atoms with Crippen LogP contribution in [0.5, 0.6) is 0 Å². The fourth-order valence-corrected chi connectivity index (χ4v) is 1.95. The van der Waals surface area contributed by atoms with E-state index in [1.807, 2.05) is 19.1 Å². The Morgan fingerprint density at radius 1 is 1.35 bits per heavy atom. The van der Waals surface area contributed by atoms with Crippen LogP contribution in [0, 0.1) is 0 Å². The Morgan fingerprint density at radius 2 is 2.10 bits per heavy atom. The molecule has 2 rings (SSSR count). The molecule has 1 aromatic heterocycles. The summed E-state index contributed by atoms with van der Waals surface area (Å²) < 4.78 is 1.12. The molecule has 0 fully saturated rings. The van der Waals surface area contributed by atoms with Gasteiger partial charge < -0.3 is 5.32 Å². The molecule has 2 aromatic rings. The van der Waals surface area contributed by atoms with Crippen LogP contribution in [0.25, 0.3) is 0 Å². The maximum Gasteiger partial charge on any atom is 0.272 e. The number of aryl methyl sites for hydroxylation is 1. The van der Waals surface area contributed by atoms with Gasteiger partial charge in [-0.2, -0.15) is 5.10 Å². The smallest absolute Gasteiger partial charge is 0.272 e. The van der Waals surface area contributed by atoms with Gasteiger partial charge in [0.2, 0.25) is 0 Å². The highest BCUT2D eigenvalue weighted by atomic mass is 35.5. The van der Waals surface area contributed by atoms with Gasteiger partial charge in [-0.05, 0) is 30.7 Å². The van der Waals surface area contributed by atoms with E-state index in [-0.39, 0.29) is 23.2 Å². The Bertz CT molecular complexity index is 697. The Kier molecular flexibility index (Phi) is 4.20. The molecule has 1 amide bonds. The lowest BCUT2D eigenvalue weighted by Crippen LogP contribution is -2.30. The summed E-state index contributed by atoms with van der Waals surface area (Å²) in [7, 11) is 1.50. The summed E-state index contributed by atoms with van der Waals surface area (Å²) in [6.45, 7) is 1.85. The zero-order valence-corrected chi connectivity index (χ0v) is 11.9. The number of amides is 1. The number of hydrogen-bond acceptors (Lipinski definition) is 3. The maximum atomic E-state index is 12.1. The van der Waals surface area contributed by atoms with Crippen molar-refractivity contribution in [3.8, 4) is 0 Å². The fourth-order valence-electron chi connectivity index (χ4n) is 1.75. The van der Waals surface area contributed by atoms with Gasteiger partial charge in [0, 0.05) is 18.1 Å². The van der Waals surface area contributed by atoms with Crippen LogP contribution >= 0.6 is 11.6 Å². The number of hydrogen-bond donors (Lipinski definition) is 1. The van der Waals surface area contributed by atoms with Crippen molar-refractivity contribution in [2.75, 3.05) is 0 Å². The van der Waals surface area contributed by atoms with E-state index in [1.165, 1.54) is 19.2 Å². The van der Waals surface area contributed by atoms with Crippen LogP contribution in [0.15, 0.2) is 41.2 Å². The van der Waals surface area contributed by atoms with Crippen molar-refractivity contribution < 1.29 is 4.79 Å². The predicted molar refractivity (Wildman–Crippen MR) is 76.8 cm³/mol. The predicted octanol–water partition coefficient (Wildman–Crippen LogP) is 1.92. The van der Waals surface area contributed by atoms with Gasteiger partial charge in [0.05, 0.1) is 6.04 Å². The third kappa shape index (κ3) is 3.24. The standard InChI is InChI=1S/C14H14ClN3O2/c1-9(10-4-3-5-11(15)8-10)16-14(20)12-6-7-13(19)18(2)17-12/h3-9H,1-2H3,(H,16,20). The van der Waals surface area contributed by atoms with Crippen LogP contribution in [-0.2, 0) is 7.05 Å². The molecule has 0 aliphatic carbocycles. The first-order chi connectivity index (χ1) is 9.47. The van der Waals surface area contributed by atoms with Gasteiger partial charge >= 0.3 is 0 Å². The van der Waals surface area contributed by atoms with E-state index in [4.69, 9.17) is 11.6 Å². The first-order valence-corrected chi connectivity index (χ1v) is 6.46. The van der Waals surface area contributed by atoms with Gasteiger partial charge in [0.1, 0.15) is 5.69 Å². The summed E-state index contributed by atoms with van der Waals surface area (Å²) in [5.41, 5.74) is 0.834. The number of nitrogens with one attached hydrogen (secondary N) is 1. The van der Waals surface area contributed by atoms with Crippen molar-refractivity contribution in [1.29, 1.82) is 0 Å². The van der Waals surface area contributed by atoms with Crippen molar-refractivity contribution in [2.45, 2.75) is 13.0 Å². The molecular weight excluding hydrogens is 278 g/mol. The summed E-state index contributed by atoms with van der Waals surface area (Å²) in [6, 6.07) is 9.78. The zero-order valence-electron chi connectivity index (χ0n) is 11.1. The van der Waals surface area contributed by atoms with Gasteiger partial charge in [0.15, 0.2) is 0 Å². The third-order valence-electron chi connectivity index (χ3n) is 2.89. The highest BCUT2D eigenvalue weighted by Crippen LogP contribution is 2.17. The number of carbonyl (C=O) groups is 1. The molecule has 6 heteroatoms. The second-order valence-electron chi connectivity index (χ2n) is 4.43. The van der Waals surface area contributed by atoms with Crippen LogP contribution < -0.4 is 10.9 Å². The molecule has 0 saturated heterocycles. The van der Waals surface area contributed by atoms with Crippen LogP contribution in [0.3, 0.4) is 0 Å². The summed E-state index contributed by atoms with van der Waals surface area (Å²) in [5, 5.41) is 7.33. The molecule has 0 bridgehead atoms. The molecule has 0 spiro atoms. The topological polar surface area (TPSA) is 64.0 Å². The lowest BCUT2D eigenvalue weighted by Gasteiger charge is -2.14. The summed E-state index contributed by atoms with van der Waals surface area (Å²) in [6.07, 6.45) is 0. The van der Waals surface area contributed by atoms with Crippen molar-refractivity contribution in [3.05, 3.63) is 63.0 Å². The van der Waals surface area contributed by atoms with E-state index in [1.54, 1.807) is 12.1 Å². The minimum Gasteiger partial charge on any atom is -0.344 e. The van der Waals surface area contributed by atoms with E-state index < -0.39 is 0 Å². The van der Waals surface area contributed by atoms with Crippen molar-refractivity contribution in [1.82, 2.24) is 15.1 Å².